The number of rotatable bonds is 6. The molecule has 0 saturated carbocycles. The minimum absolute atomic E-state index is 0.0735. The summed E-state index contributed by atoms with van der Waals surface area (Å²) in [6, 6.07) is 3.99. The quantitative estimate of drug-likeness (QED) is 0.858. The maximum Gasteiger partial charge on any atom is 0.126 e. The maximum atomic E-state index is 6.06. The van der Waals surface area contributed by atoms with E-state index in [9.17, 15) is 0 Å². The molecule has 1 atom stereocenters. The second-order valence-electron chi connectivity index (χ2n) is 5.88. The van der Waals surface area contributed by atoms with Crippen molar-refractivity contribution in [2.24, 2.45) is 11.7 Å². The highest BCUT2D eigenvalue weighted by molar-refractivity contribution is 5.50. The van der Waals surface area contributed by atoms with Crippen LogP contribution in [0.25, 0.3) is 0 Å². The molecule has 0 radical (unpaired) electrons. The molecule has 3 heteroatoms. The van der Waals surface area contributed by atoms with Crippen LogP contribution in [0.1, 0.15) is 38.3 Å². The summed E-state index contributed by atoms with van der Waals surface area (Å²) in [5, 5.41) is 0. The number of ether oxygens (including phenoxy) is 2. The first-order valence-electron chi connectivity index (χ1n) is 6.81. The summed E-state index contributed by atoms with van der Waals surface area (Å²) in [5.74, 6) is 2.27. The van der Waals surface area contributed by atoms with E-state index in [-0.39, 0.29) is 5.41 Å². The summed E-state index contributed by atoms with van der Waals surface area (Å²) in [6.07, 6.45) is 1.03. The Morgan fingerprint density at radius 2 is 1.84 bits per heavy atom. The summed E-state index contributed by atoms with van der Waals surface area (Å²) in [5.41, 5.74) is 8.36. The first-order valence-corrected chi connectivity index (χ1v) is 6.81. The molecule has 0 aliphatic heterocycles. The van der Waals surface area contributed by atoms with Gasteiger partial charge < -0.3 is 15.2 Å². The third kappa shape index (κ3) is 3.41. The highest BCUT2D eigenvalue weighted by Gasteiger charge is 2.31. The van der Waals surface area contributed by atoms with Crippen molar-refractivity contribution in [3.05, 3.63) is 23.3 Å². The number of methoxy groups -OCH3 is 2. The van der Waals surface area contributed by atoms with Crippen molar-refractivity contribution < 1.29 is 9.47 Å². The van der Waals surface area contributed by atoms with Crippen LogP contribution in [0.15, 0.2) is 12.1 Å². The first-order chi connectivity index (χ1) is 8.87. The minimum Gasteiger partial charge on any atom is -0.497 e. The standard InChI is InChI=1S/C16H27NO2/c1-11(2)9-16(4,10-17)15-12(3)7-13(18-5)8-14(15)19-6/h7-8,11H,9-10,17H2,1-6H3. The highest BCUT2D eigenvalue weighted by atomic mass is 16.5. The molecule has 1 aromatic rings. The Morgan fingerprint density at radius 3 is 2.26 bits per heavy atom. The van der Waals surface area contributed by atoms with Gasteiger partial charge in [-0.05, 0) is 30.9 Å². The summed E-state index contributed by atoms with van der Waals surface area (Å²) in [7, 11) is 3.37. The summed E-state index contributed by atoms with van der Waals surface area (Å²) in [6.45, 7) is 9.35. The minimum atomic E-state index is -0.0735. The molecule has 0 aliphatic carbocycles. The van der Waals surface area contributed by atoms with Crippen molar-refractivity contribution in [2.45, 2.75) is 39.5 Å². The van der Waals surface area contributed by atoms with Crippen LogP contribution in [-0.4, -0.2) is 20.8 Å². The molecule has 1 unspecified atom stereocenters. The fourth-order valence-corrected chi connectivity index (χ4v) is 2.96. The van der Waals surface area contributed by atoms with Crippen LogP contribution in [0.2, 0.25) is 0 Å². The largest absolute Gasteiger partial charge is 0.497 e. The monoisotopic (exact) mass is 265 g/mol. The second-order valence-corrected chi connectivity index (χ2v) is 5.88. The van der Waals surface area contributed by atoms with Gasteiger partial charge in [0.05, 0.1) is 14.2 Å². The van der Waals surface area contributed by atoms with E-state index in [0.717, 1.165) is 17.9 Å². The molecule has 0 fully saturated rings. The molecule has 0 spiro atoms. The molecule has 0 bridgehead atoms. The van der Waals surface area contributed by atoms with E-state index in [2.05, 4.69) is 27.7 Å². The topological polar surface area (TPSA) is 44.5 Å². The van der Waals surface area contributed by atoms with E-state index in [4.69, 9.17) is 15.2 Å². The zero-order valence-electron chi connectivity index (χ0n) is 13.0. The lowest BCUT2D eigenvalue weighted by Gasteiger charge is -2.33. The molecule has 108 valence electrons. The van der Waals surface area contributed by atoms with Crippen molar-refractivity contribution in [1.82, 2.24) is 0 Å². The third-order valence-electron chi connectivity index (χ3n) is 3.64. The number of aryl methyl sites for hydroxylation is 1. The fraction of sp³-hybridized carbons (Fsp3) is 0.625. The van der Waals surface area contributed by atoms with Gasteiger partial charge in [-0.2, -0.15) is 0 Å². The van der Waals surface area contributed by atoms with Crippen LogP contribution >= 0.6 is 0 Å². The average molecular weight is 265 g/mol. The van der Waals surface area contributed by atoms with E-state index < -0.39 is 0 Å². The van der Waals surface area contributed by atoms with Crippen molar-refractivity contribution in [2.75, 3.05) is 20.8 Å². The molecular weight excluding hydrogens is 238 g/mol. The van der Waals surface area contributed by atoms with Crippen molar-refractivity contribution in [3.63, 3.8) is 0 Å². The van der Waals surface area contributed by atoms with Crippen LogP contribution in [-0.2, 0) is 5.41 Å². The summed E-state index contributed by atoms with van der Waals surface area (Å²) < 4.78 is 10.9. The number of hydrogen-bond acceptors (Lipinski definition) is 3. The van der Waals surface area contributed by atoms with Gasteiger partial charge in [-0.1, -0.05) is 20.8 Å². The number of nitrogens with two attached hydrogens (primary N) is 1. The maximum absolute atomic E-state index is 6.06. The SMILES string of the molecule is COc1cc(C)c(C(C)(CN)CC(C)C)c(OC)c1. The lowest BCUT2D eigenvalue weighted by molar-refractivity contribution is 0.342. The number of hydrogen-bond donors (Lipinski definition) is 1. The molecule has 0 saturated heterocycles. The van der Waals surface area contributed by atoms with Crippen LogP contribution in [0.5, 0.6) is 11.5 Å². The summed E-state index contributed by atoms with van der Waals surface area (Å²) in [4.78, 5) is 0. The van der Waals surface area contributed by atoms with Gasteiger partial charge in [-0.3, -0.25) is 0 Å². The van der Waals surface area contributed by atoms with Gasteiger partial charge in [-0.25, -0.2) is 0 Å². The predicted molar refractivity (Wildman–Crippen MR) is 80.1 cm³/mol. The molecule has 1 aromatic carbocycles. The molecule has 0 aliphatic rings. The Bertz CT molecular complexity index is 429. The highest BCUT2D eigenvalue weighted by Crippen LogP contribution is 2.40. The van der Waals surface area contributed by atoms with Crippen LogP contribution < -0.4 is 15.2 Å². The Balaban J connectivity index is 3.37. The Morgan fingerprint density at radius 1 is 1.21 bits per heavy atom. The third-order valence-corrected chi connectivity index (χ3v) is 3.64. The lowest BCUT2D eigenvalue weighted by Crippen LogP contribution is -2.34. The van der Waals surface area contributed by atoms with E-state index in [0.29, 0.717) is 12.5 Å². The van der Waals surface area contributed by atoms with E-state index in [1.54, 1.807) is 14.2 Å². The first kappa shape index (κ1) is 15.8. The Kier molecular flexibility index (Phi) is 5.24. The zero-order valence-corrected chi connectivity index (χ0v) is 13.0. The predicted octanol–water partition coefficient (Wildman–Crippen LogP) is 3.27. The van der Waals surface area contributed by atoms with Gasteiger partial charge in [0.2, 0.25) is 0 Å². The molecule has 0 heterocycles. The fourth-order valence-electron chi connectivity index (χ4n) is 2.96. The average Bonchev–Trinajstić information content (AvgIpc) is 2.36. The van der Waals surface area contributed by atoms with Crippen LogP contribution in [0.4, 0.5) is 0 Å². The van der Waals surface area contributed by atoms with Gasteiger partial charge in [-0.15, -0.1) is 0 Å². The Hall–Kier alpha value is -1.22. The summed E-state index contributed by atoms with van der Waals surface area (Å²) >= 11 is 0. The second kappa shape index (κ2) is 6.29. The van der Waals surface area contributed by atoms with E-state index >= 15 is 0 Å². The lowest BCUT2D eigenvalue weighted by atomic mass is 9.74. The number of benzene rings is 1. The molecule has 0 amide bonds. The van der Waals surface area contributed by atoms with E-state index in [1.807, 2.05) is 12.1 Å². The molecule has 1 rings (SSSR count). The van der Waals surface area contributed by atoms with Gasteiger partial charge in [0.1, 0.15) is 11.5 Å². The van der Waals surface area contributed by atoms with Crippen molar-refractivity contribution in [1.29, 1.82) is 0 Å². The molecular formula is C16H27NO2. The van der Waals surface area contributed by atoms with Gasteiger partial charge in [0, 0.05) is 23.6 Å². The van der Waals surface area contributed by atoms with E-state index in [1.165, 1.54) is 11.1 Å². The molecule has 2 N–H and O–H groups in total. The van der Waals surface area contributed by atoms with Gasteiger partial charge in [0.25, 0.3) is 0 Å². The zero-order chi connectivity index (χ0) is 14.6. The van der Waals surface area contributed by atoms with Crippen LogP contribution in [0, 0.1) is 12.8 Å². The smallest absolute Gasteiger partial charge is 0.126 e. The molecule has 3 nitrogen and oxygen atoms in total. The van der Waals surface area contributed by atoms with Gasteiger partial charge in [0.15, 0.2) is 0 Å². The molecule has 0 aromatic heterocycles. The van der Waals surface area contributed by atoms with Crippen molar-refractivity contribution in [3.8, 4) is 11.5 Å². The van der Waals surface area contributed by atoms with Crippen LogP contribution in [0.3, 0.4) is 0 Å². The normalized spacial score (nSPS) is 14.3. The Labute approximate surface area is 117 Å². The van der Waals surface area contributed by atoms with Crippen molar-refractivity contribution >= 4 is 0 Å². The van der Waals surface area contributed by atoms with Gasteiger partial charge >= 0.3 is 0 Å². The molecule has 19 heavy (non-hydrogen) atoms.